The summed E-state index contributed by atoms with van der Waals surface area (Å²) in [4.78, 5) is 27.6. The molecule has 0 unspecified atom stereocenters. The van der Waals surface area contributed by atoms with Crippen LogP contribution in [0.2, 0.25) is 0 Å². The lowest BCUT2D eigenvalue weighted by atomic mass is 9.97. The number of amides is 2. The first-order valence-electron chi connectivity index (χ1n) is 12.2. The smallest absolute Gasteiger partial charge is 0.411 e. The number of nitrogens with zero attached hydrogens (tertiary/aromatic N) is 3. The summed E-state index contributed by atoms with van der Waals surface area (Å²) in [5.74, 6) is -0.920. The maximum atomic E-state index is 15.0. The van der Waals surface area contributed by atoms with Gasteiger partial charge in [0.25, 0.3) is 0 Å². The second-order valence-corrected chi connectivity index (χ2v) is 10.8. The molecule has 2 bridgehead atoms. The van der Waals surface area contributed by atoms with E-state index in [0.717, 1.165) is 19.3 Å². The van der Waals surface area contributed by atoms with Gasteiger partial charge in [0.1, 0.15) is 23.5 Å². The van der Waals surface area contributed by atoms with Crippen LogP contribution in [0.5, 0.6) is 0 Å². The fourth-order valence-corrected chi connectivity index (χ4v) is 5.39. The van der Waals surface area contributed by atoms with Gasteiger partial charge in [0.2, 0.25) is 17.4 Å². The summed E-state index contributed by atoms with van der Waals surface area (Å²) >= 11 is 0.102. The van der Waals surface area contributed by atoms with Crippen LogP contribution < -0.4 is 5.32 Å². The van der Waals surface area contributed by atoms with E-state index in [0.29, 0.717) is 16.8 Å². The van der Waals surface area contributed by atoms with E-state index >= 15 is 0 Å². The lowest BCUT2D eigenvalue weighted by Crippen LogP contribution is -2.55. The van der Waals surface area contributed by atoms with E-state index in [1.807, 2.05) is 6.07 Å². The van der Waals surface area contributed by atoms with Gasteiger partial charge in [0.05, 0.1) is 11.8 Å². The Hall–Kier alpha value is -3.58. The van der Waals surface area contributed by atoms with Crippen LogP contribution in [0.4, 0.5) is 14.9 Å². The van der Waals surface area contributed by atoms with Crippen molar-refractivity contribution in [3.63, 3.8) is 0 Å². The quantitative estimate of drug-likeness (QED) is 0.580. The highest BCUT2D eigenvalue weighted by Crippen LogP contribution is 2.43. The molecule has 2 aromatic rings. The zero-order chi connectivity index (χ0) is 26.7. The Labute approximate surface area is 219 Å². The Morgan fingerprint density at radius 3 is 2.68 bits per heavy atom. The van der Waals surface area contributed by atoms with Gasteiger partial charge in [-0.05, 0) is 80.8 Å². The second-order valence-electron chi connectivity index (χ2n) is 10.5. The molecule has 37 heavy (non-hydrogen) atoms. The summed E-state index contributed by atoms with van der Waals surface area (Å²) in [6.45, 7) is 5.33. The van der Waals surface area contributed by atoms with Gasteiger partial charge in [-0.1, -0.05) is 24.3 Å². The minimum absolute atomic E-state index is 0.00962. The third kappa shape index (κ3) is 6.05. The van der Waals surface area contributed by atoms with Crippen molar-refractivity contribution in [3.05, 3.63) is 53.8 Å². The number of likely N-dealkylation sites (tertiary alicyclic amines) is 1. The maximum Gasteiger partial charge on any atom is 0.411 e. The third-order valence-corrected chi connectivity index (χ3v) is 7.02. The topological polar surface area (TPSA) is 112 Å². The molecule has 1 aliphatic carbocycles. The molecular formula is C27H29FN4O4S. The number of nitriles is 1. The molecule has 0 aromatic heterocycles. The Morgan fingerprint density at radius 2 is 2.00 bits per heavy atom. The molecule has 2 fully saturated rings. The van der Waals surface area contributed by atoms with Crippen molar-refractivity contribution >= 4 is 29.2 Å². The van der Waals surface area contributed by atoms with Crippen molar-refractivity contribution < 1.29 is 22.9 Å². The molecule has 8 nitrogen and oxygen atoms in total. The average Bonchev–Trinajstić information content (AvgIpc) is 3.46. The normalized spacial score (nSPS) is 21.2. The Morgan fingerprint density at radius 1 is 1.24 bits per heavy atom. The van der Waals surface area contributed by atoms with Gasteiger partial charge in [-0.15, -0.1) is 0 Å². The zero-order valence-corrected chi connectivity index (χ0v) is 21.8. The number of hydrogen-bond acceptors (Lipinski definition) is 6. The van der Waals surface area contributed by atoms with Gasteiger partial charge >= 0.3 is 6.09 Å². The first-order chi connectivity index (χ1) is 17.6. The van der Waals surface area contributed by atoms with E-state index in [1.165, 1.54) is 11.0 Å². The summed E-state index contributed by atoms with van der Waals surface area (Å²) in [7, 11) is 0. The maximum absolute atomic E-state index is 15.0. The molecular weight excluding hydrogens is 495 g/mol. The number of hydrogen-bond donors (Lipinski definition) is 1. The zero-order valence-electron chi connectivity index (χ0n) is 20.9. The van der Waals surface area contributed by atoms with E-state index in [2.05, 4.69) is 9.68 Å². The minimum atomic E-state index is -0.969. The summed E-state index contributed by atoms with van der Waals surface area (Å²) in [5, 5.41) is 12.4. The van der Waals surface area contributed by atoms with Crippen molar-refractivity contribution in [1.82, 2.24) is 10.2 Å². The number of carbonyl (C=O) groups is 2. The number of piperidine rings is 1. The first kappa shape index (κ1) is 26.5. The Kier molecular flexibility index (Phi) is 7.73. The van der Waals surface area contributed by atoms with Gasteiger partial charge in [0, 0.05) is 12.5 Å². The fraction of sp³-hybridized carbons (Fsp3) is 0.444. The lowest BCUT2D eigenvalue weighted by Gasteiger charge is -2.35. The Bertz CT molecular complexity index is 1300. The average molecular weight is 525 g/mol. The molecule has 1 N–H and O–H groups in total. The molecule has 0 radical (unpaired) electrons. The molecule has 1 saturated carbocycles. The number of ether oxygens (including phenoxy) is 1. The minimum Gasteiger partial charge on any atom is -0.444 e. The molecule has 0 spiro atoms. The van der Waals surface area contributed by atoms with Crippen molar-refractivity contribution in [3.8, 4) is 17.2 Å². The molecule has 1 heterocycles. The van der Waals surface area contributed by atoms with Crippen molar-refractivity contribution in [2.45, 2.75) is 70.2 Å². The van der Waals surface area contributed by atoms with Gasteiger partial charge in [-0.3, -0.25) is 9.69 Å². The molecule has 2 aromatic carbocycles. The lowest BCUT2D eigenvalue weighted by molar-refractivity contribution is -0.128. The predicted octanol–water partition coefficient (Wildman–Crippen LogP) is 4.86. The molecule has 10 heteroatoms. The number of rotatable bonds is 6. The molecule has 4 rings (SSSR count). The predicted molar refractivity (Wildman–Crippen MR) is 136 cm³/mol. The number of halogens is 1. The monoisotopic (exact) mass is 524 g/mol. The molecule has 1 saturated heterocycles. The SMILES string of the molecule is CC(C)(C)OC(=O)N1[C@@H]2CC[C@@H](C2)[C@H]1C(=O)N[C@H](C#N)Cc1ccc(-c2cccc(N=S=O)c2)cc1F. The number of benzene rings is 2. The van der Waals surface area contributed by atoms with Crippen LogP contribution in [0.25, 0.3) is 11.1 Å². The van der Waals surface area contributed by atoms with E-state index in [9.17, 15) is 23.5 Å². The van der Waals surface area contributed by atoms with Crippen LogP contribution in [-0.2, 0) is 27.4 Å². The summed E-state index contributed by atoms with van der Waals surface area (Å²) in [6, 6.07) is 11.9. The molecule has 2 amide bonds. The molecule has 194 valence electrons. The van der Waals surface area contributed by atoms with Crippen LogP contribution in [0, 0.1) is 23.1 Å². The second kappa shape index (κ2) is 10.8. The highest BCUT2D eigenvalue weighted by atomic mass is 32.1. The van der Waals surface area contributed by atoms with E-state index in [1.54, 1.807) is 57.2 Å². The first-order valence-corrected chi connectivity index (χ1v) is 12.9. The van der Waals surface area contributed by atoms with Crippen molar-refractivity contribution in [2.24, 2.45) is 10.3 Å². The summed E-state index contributed by atoms with van der Waals surface area (Å²) in [6.07, 6.45) is 1.83. The molecule has 2 aliphatic rings. The highest BCUT2D eigenvalue weighted by molar-refractivity contribution is 7.54. The van der Waals surface area contributed by atoms with Gasteiger partial charge in [0.15, 0.2) is 0 Å². The summed E-state index contributed by atoms with van der Waals surface area (Å²) < 4.78 is 35.0. The van der Waals surface area contributed by atoms with Crippen LogP contribution in [0.3, 0.4) is 0 Å². The highest BCUT2D eigenvalue weighted by Gasteiger charge is 2.52. The summed E-state index contributed by atoms with van der Waals surface area (Å²) in [5.41, 5.74) is 1.37. The number of carbonyl (C=O) groups excluding carboxylic acids is 2. The van der Waals surface area contributed by atoms with E-state index in [4.69, 9.17) is 4.74 Å². The van der Waals surface area contributed by atoms with Crippen LogP contribution in [-0.4, -0.2) is 44.8 Å². The number of fused-ring (bicyclic) bond motifs is 2. The van der Waals surface area contributed by atoms with Gasteiger partial charge < -0.3 is 10.1 Å². The van der Waals surface area contributed by atoms with Gasteiger partial charge in [-0.25, -0.2) is 9.18 Å². The standard InChI is InChI=1S/C27H29FN4O4S/c1-27(2,3)36-26(34)32-22-10-9-19(13-22)24(32)25(33)30-21(15-29)12-18-8-7-17(14-23(18)28)16-5-4-6-20(11-16)31-37-35/h4-8,11,14,19,21-22,24H,9-10,12-13H2,1-3H3,(H,30,33)/t19-,21-,22+,24-/m0/s1. The van der Waals surface area contributed by atoms with Crippen LogP contribution in [0.1, 0.15) is 45.6 Å². The van der Waals surface area contributed by atoms with E-state index in [-0.39, 0.29) is 35.4 Å². The molecule has 1 aliphatic heterocycles. The van der Waals surface area contributed by atoms with Crippen LogP contribution in [0.15, 0.2) is 46.8 Å². The van der Waals surface area contributed by atoms with Crippen molar-refractivity contribution in [1.29, 1.82) is 5.26 Å². The molecule has 4 atom stereocenters. The van der Waals surface area contributed by atoms with E-state index < -0.39 is 35.5 Å². The number of nitrogens with one attached hydrogen (secondary N) is 1. The van der Waals surface area contributed by atoms with Crippen LogP contribution >= 0.6 is 0 Å². The third-order valence-electron chi connectivity index (χ3n) is 6.73. The fourth-order valence-electron chi connectivity index (χ4n) is 5.19. The largest absolute Gasteiger partial charge is 0.444 e. The Balaban J connectivity index is 1.46. The van der Waals surface area contributed by atoms with Crippen molar-refractivity contribution in [2.75, 3.05) is 0 Å². The van der Waals surface area contributed by atoms with Gasteiger partial charge in [-0.2, -0.15) is 13.8 Å².